The van der Waals surface area contributed by atoms with Gasteiger partial charge in [0.2, 0.25) is 0 Å². The molecule has 6 heteroatoms. The molecule has 0 bridgehead atoms. The summed E-state index contributed by atoms with van der Waals surface area (Å²) in [5, 5.41) is 6.88. The first-order valence-electron chi connectivity index (χ1n) is 9.94. The monoisotopic (exact) mass is 429 g/mol. The molecule has 5 nitrogen and oxygen atoms in total. The van der Waals surface area contributed by atoms with Gasteiger partial charge >= 0.3 is 0 Å². The van der Waals surface area contributed by atoms with E-state index in [2.05, 4.69) is 39.9 Å². The van der Waals surface area contributed by atoms with Crippen molar-refractivity contribution in [1.82, 2.24) is 10.3 Å². The van der Waals surface area contributed by atoms with E-state index in [0.717, 1.165) is 22.6 Å². The minimum Gasteiger partial charge on any atom is -0.495 e. The van der Waals surface area contributed by atoms with Gasteiger partial charge in [-0.2, -0.15) is 0 Å². The molecule has 0 saturated carbocycles. The van der Waals surface area contributed by atoms with Crippen molar-refractivity contribution in [2.75, 3.05) is 12.4 Å². The highest BCUT2D eigenvalue weighted by Crippen LogP contribution is 2.30. The molecule has 0 fully saturated rings. The van der Waals surface area contributed by atoms with Crippen molar-refractivity contribution >= 4 is 28.1 Å². The normalized spacial score (nSPS) is 10.5. The number of ether oxygens (including phenoxy) is 1. The van der Waals surface area contributed by atoms with Crippen LogP contribution in [-0.4, -0.2) is 18.0 Å². The van der Waals surface area contributed by atoms with Gasteiger partial charge in [0.25, 0.3) is 5.91 Å². The lowest BCUT2D eigenvalue weighted by molar-refractivity contribution is 0.0954. The van der Waals surface area contributed by atoms with Crippen LogP contribution in [0.3, 0.4) is 0 Å². The molecule has 0 atom stereocenters. The van der Waals surface area contributed by atoms with E-state index in [1.807, 2.05) is 61.5 Å². The van der Waals surface area contributed by atoms with Gasteiger partial charge in [0, 0.05) is 6.54 Å². The van der Waals surface area contributed by atoms with E-state index in [0.29, 0.717) is 22.2 Å². The molecule has 4 aromatic rings. The second-order valence-electron chi connectivity index (χ2n) is 7.00. The number of carbonyl (C=O) groups excluding carboxylic acids is 1. The van der Waals surface area contributed by atoms with E-state index in [4.69, 9.17) is 4.74 Å². The minimum atomic E-state index is -0.129. The summed E-state index contributed by atoms with van der Waals surface area (Å²) in [6.07, 6.45) is 0. The fraction of sp³-hybridized carbons (Fsp3) is 0.120. The molecule has 1 amide bonds. The maximum atomic E-state index is 12.7. The van der Waals surface area contributed by atoms with Crippen LogP contribution in [0.25, 0.3) is 11.1 Å². The molecular formula is C25H23N3O2S. The van der Waals surface area contributed by atoms with Crippen LogP contribution in [-0.2, 0) is 6.54 Å². The van der Waals surface area contributed by atoms with Gasteiger partial charge in [-0.1, -0.05) is 78.1 Å². The number of methoxy groups -OCH3 is 1. The number of aryl methyl sites for hydroxylation is 1. The van der Waals surface area contributed by atoms with Crippen LogP contribution in [0, 0.1) is 6.92 Å². The molecule has 0 aliphatic carbocycles. The Hall–Kier alpha value is -3.64. The molecule has 0 saturated heterocycles. The third-order valence-electron chi connectivity index (χ3n) is 4.87. The molecule has 0 radical (unpaired) electrons. The second-order valence-corrected chi connectivity index (χ2v) is 8.00. The highest BCUT2D eigenvalue weighted by molar-refractivity contribution is 7.17. The van der Waals surface area contributed by atoms with Crippen molar-refractivity contribution in [3.05, 3.63) is 95.0 Å². The van der Waals surface area contributed by atoms with E-state index in [1.165, 1.54) is 16.9 Å². The number of benzene rings is 3. The van der Waals surface area contributed by atoms with E-state index >= 15 is 0 Å². The maximum absolute atomic E-state index is 12.7. The quantitative estimate of drug-likeness (QED) is 0.390. The average molecular weight is 430 g/mol. The molecular weight excluding hydrogens is 406 g/mol. The number of para-hydroxylation sites is 2. The van der Waals surface area contributed by atoms with Crippen LogP contribution in [0.1, 0.15) is 20.9 Å². The van der Waals surface area contributed by atoms with Crippen molar-refractivity contribution in [3.8, 4) is 16.9 Å². The van der Waals surface area contributed by atoms with Crippen molar-refractivity contribution in [3.63, 3.8) is 0 Å². The molecule has 0 spiro atoms. The van der Waals surface area contributed by atoms with Gasteiger partial charge in [0.1, 0.15) is 10.6 Å². The molecule has 4 rings (SSSR count). The number of hydrogen-bond acceptors (Lipinski definition) is 5. The summed E-state index contributed by atoms with van der Waals surface area (Å²) < 4.78 is 5.36. The van der Waals surface area contributed by atoms with Crippen molar-refractivity contribution in [1.29, 1.82) is 0 Å². The van der Waals surface area contributed by atoms with Gasteiger partial charge in [-0.25, -0.2) is 4.98 Å². The predicted molar refractivity (Wildman–Crippen MR) is 126 cm³/mol. The van der Waals surface area contributed by atoms with Crippen LogP contribution < -0.4 is 15.4 Å². The van der Waals surface area contributed by atoms with Gasteiger partial charge < -0.3 is 15.4 Å². The number of hydrogen-bond donors (Lipinski definition) is 2. The summed E-state index contributed by atoms with van der Waals surface area (Å²) in [6, 6.07) is 26.1. The molecule has 1 heterocycles. The Morgan fingerprint density at radius 1 is 0.935 bits per heavy atom. The van der Waals surface area contributed by atoms with Crippen molar-refractivity contribution < 1.29 is 9.53 Å². The number of thiazole rings is 1. The number of amides is 1. The first kappa shape index (κ1) is 20.6. The predicted octanol–water partition coefficient (Wildman–Crippen LogP) is 5.80. The van der Waals surface area contributed by atoms with E-state index in [-0.39, 0.29) is 5.91 Å². The highest BCUT2D eigenvalue weighted by Gasteiger charge is 2.16. The maximum Gasteiger partial charge on any atom is 0.263 e. The molecule has 2 N–H and O–H groups in total. The van der Waals surface area contributed by atoms with Crippen molar-refractivity contribution in [2.24, 2.45) is 0 Å². The Balaban J connectivity index is 1.40. The van der Waals surface area contributed by atoms with E-state index in [1.54, 1.807) is 7.11 Å². The number of nitrogens with one attached hydrogen (secondary N) is 2. The van der Waals surface area contributed by atoms with Crippen LogP contribution in [0.5, 0.6) is 5.75 Å². The first-order valence-corrected chi connectivity index (χ1v) is 10.8. The van der Waals surface area contributed by atoms with Crippen LogP contribution in [0.4, 0.5) is 10.8 Å². The lowest BCUT2D eigenvalue weighted by atomic mass is 10.0. The molecule has 156 valence electrons. The number of anilines is 2. The van der Waals surface area contributed by atoms with Crippen LogP contribution in [0.15, 0.2) is 78.9 Å². The SMILES string of the molecule is COc1ccccc1Nc1nc(C)c(C(=O)NCc2ccc(-c3ccccc3)cc2)s1. The number of carbonyl (C=O) groups is 1. The van der Waals surface area contributed by atoms with E-state index < -0.39 is 0 Å². The molecule has 31 heavy (non-hydrogen) atoms. The summed E-state index contributed by atoms with van der Waals surface area (Å²) in [5.74, 6) is 0.593. The Kier molecular flexibility index (Phi) is 6.29. The molecule has 1 aromatic heterocycles. The Morgan fingerprint density at radius 2 is 1.61 bits per heavy atom. The third-order valence-corrected chi connectivity index (χ3v) is 5.94. The lowest BCUT2D eigenvalue weighted by Crippen LogP contribution is -2.22. The Labute approximate surface area is 185 Å². The summed E-state index contributed by atoms with van der Waals surface area (Å²) in [4.78, 5) is 17.8. The summed E-state index contributed by atoms with van der Waals surface area (Å²) in [5.41, 5.74) is 4.88. The zero-order valence-corrected chi connectivity index (χ0v) is 18.2. The van der Waals surface area contributed by atoms with Gasteiger partial charge in [0.05, 0.1) is 18.5 Å². The zero-order valence-electron chi connectivity index (χ0n) is 17.4. The third kappa shape index (κ3) is 4.92. The average Bonchev–Trinajstić information content (AvgIpc) is 3.18. The molecule has 0 aliphatic heterocycles. The summed E-state index contributed by atoms with van der Waals surface area (Å²) >= 11 is 1.33. The zero-order chi connectivity index (χ0) is 21.6. The molecule has 3 aromatic carbocycles. The Bertz CT molecular complexity index is 1170. The fourth-order valence-electron chi connectivity index (χ4n) is 3.23. The molecule has 0 aliphatic rings. The largest absolute Gasteiger partial charge is 0.495 e. The first-order chi connectivity index (χ1) is 15.1. The van der Waals surface area contributed by atoms with Crippen LogP contribution in [0.2, 0.25) is 0 Å². The van der Waals surface area contributed by atoms with Crippen molar-refractivity contribution in [2.45, 2.75) is 13.5 Å². The topological polar surface area (TPSA) is 63.2 Å². The summed E-state index contributed by atoms with van der Waals surface area (Å²) in [6.45, 7) is 2.30. The standard InChI is InChI=1S/C25H23N3O2S/c1-17-23(31-25(27-17)28-21-10-6-7-11-22(21)30-2)24(29)26-16-18-12-14-20(15-13-18)19-8-4-3-5-9-19/h3-15H,16H2,1-2H3,(H,26,29)(H,27,28). The lowest BCUT2D eigenvalue weighted by Gasteiger charge is -2.08. The number of rotatable bonds is 7. The second kappa shape index (κ2) is 9.45. The highest BCUT2D eigenvalue weighted by atomic mass is 32.1. The minimum absolute atomic E-state index is 0.129. The Morgan fingerprint density at radius 3 is 2.35 bits per heavy atom. The van der Waals surface area contributed by atoms with Gasteiger partial charge in [-0.3, -0.25) is 4.79 Å². The van der Waals surface area contributed by atoms with Crippen LogP contribution >= 0.6 is 11.3 Å². The fourth-order valence-corrected chi connectivity index (χ4v) is 4.13. The summed E-state index contributed by atoms with van der Waals surface area (Å²) in [7, 11) is 1.62. The number of nitrogens with zero attached hydrogens (tertiary/aromatic N) is 1. The van der Waals surface area contributed by atoms with Gasteiger partial charge in [-0.15, -0.1) is 0 Å². The van der Waals surface area contributed by atoms with Gasteiger partial charge in [0.15, 0.2) is 5.13 Å². The molecule has 0 unspecified atom stereocenters. The number of aromatic nitrogens is 1. The van der Waals surface area contributed by atoms with E-state index in [9.17, 15) is 4.79 Å². The smallest absolute Gasteiger partial charge is 0.263 e. The van der Waals surface area contributed by atoms with Gasteiger partial charge in [-0.05, 0) is 35.7 Å².